The van der Waals surface area contributed by atoms with Gasteiger partial charge >= 0.3 is 0 Å². The monoisotopic (exact) mass is 262 g/mol. The van der Waals surface area contributed by atoms with E-state index in [-0.39, 0.29) is 0 Å². The predicted molar refractivity (Wildman–Crippen MR) is 85.2 cm³/mol. The fourth-order valence-corrected chi connectivity index (χ4v) is 4.49. The highest BCUT2D eigenvalue weighted by molar-refractivity contribution is 4.91. The van der Waals surface area contributed by atoms with Crippen LogP contribution < -0.4 is 0 Å². The Hall–Kier alpha value is -0.260. The normalized spacial score (nSPS) is 36.7. The van der Waals surface area contributed by atoms with Crippen molar-refractivity contribution in [1.29, 1.82) is 0 Å². The molecule has 2 fully saturated rings. The molecule has 0 nitrogen and oxygen atoms in total. The van der Waals surface area contributed by atoms with Gasteiger partial charge in [-0.25, -0.2) is 0 Å². The zero-order valence-corrected chi connectivity index (χ0v) is 13.2. The first-order valence-corrected chi connectivity index (χ1v) is 9.00. The summed E-state index contributed by atoms with van der Waals surface area (Å²) in [5.41, 5.74) is 0. The lowest BCUT2D eigenvalue weighted by Gasteiger charge is -2.37. The summed E-state index contributed by atoms with van der Waals surface area (Å²) in [6.45, 7) is 4.59. The molecular weight excluding hydrogens is 228 g/mol. The largest absolute Gasteiger partial charge is 0.0885 e. The lowest BCUT2D eigenvalue weighted by Crippen LogP contribution is -2.25. The molecule has 2 aliphatic rings. The molecule has 0 heteroatoms. The van der Waals surface area contributed by atoms with E-state index in [1.54, 1.807) is 12.8 Å². The minimum atomic E-state index is 0.910. The minimum Gasteiger partial charge on any atom is -0.0885 e. The van der Waals surface area contributed by atoms with Crippen molar-refractivity contribution in [3.8, 4) is 0 Å². The summed E-state index contributed by atoms with van der Waals surface area (Å²) in [6.07, 6.45) is 21.1. The summed E-state index contributed by atoms with van der Waals surface area (Å²) >= 11 is 0. The Morgan fingerprint density at radius 3 is 1.89 bits per heavy atom. The van der Waals surface area contributed by atoms with E-state index in [1.165, 1.54) is 57.8 Å². The van der Waals surface area contributed by atoms with Gasteiger partial charge in [0.25, 0.3) is 0 Å². The second kappa shape index (κ2) is 8.12. The molecular formula is C19H34. The number of hydrogen-bond acceptors (Lipinski definition) is 0. The van der Waals surface area contributed by atoms with Crippen LogP contribution in [0.15, 0.2) is 12.2 Å². The number of rotatable bonds is 5. The van der Waals surface area contributed by atoms with Gasteiger partial charge in [0.15, 0.2) is 0 Å². The van der Waals surface area contributed by atoms with Gasteiger partial charge in [0, 0.05) is 0 Å². The highest BCUT2D eigenvalue weighted by Gasteiger charge is 2.29. The minimum absolute atomic E-state index is 0.910. The van der Waals surface area contributed by atoms with Gasteiger partial charge in [-0.1, -0.05) is 51.7 Å². The molecule has 0 aromatic carbocycles. The van der Waals surface area contributed by atoms with E-state index in [1.807, 2.05) is 0 Å². The molecule has 19 heavy (non-hydrogen) atoms. The Morgan fingerprint density at radius 1 is 0.789 bits per heavy atom. The van der Waals surface area contributed by atoms with E-state index in [2.05, 4.69) is 26.0 Å². The van der Waals surface area contributed by atoms with E-state index < -0.39 is 0 Å². The molecule has 0 heterocycles. The van der Waals surface area contributed by atoms with Gasteiger partial charge in [0.2, 0.25) is 0 Å². The molecule has 2 rings (SSSR count). The van der Waals surface area contributed by atoms with Crippen molar-refractivity contribution in [3.05, 3.63) is 12.2 Å². The molecule has 0 radical (unpaired) electrons. The maximum absolute atomic E-state index is 2.49. The summed E-state index contributed by atoms with van der Waals surface area (Å²) in [7, 11) is 0. The highest BCUT2D eigenvalue weighted by Crippen LogP contribution is 2.42. The van der Waals surface area contributed by atoms with Crippen molar-refractivity contribution in [2.75, 3.05) is 0 Å². The molecule has 0 aliphatic heterocycles. The van der Waals surface area contributed by atoms with Crippen LogP contribution in [0.3, 0.4) is 0 Å². The third kappa shape index (κ3) is 4.65. The smallest absolute Gasteiger partial charge is 0.0233 e. The molecule has 110 valence electrons. The first kappa shape index (κ1) is 15.1. The molecule has 2 saturated carbocycles. The lowest BCUT2D eigenvalue weighted by molar-refractivity contribution is 0.152. The van der Waals surface area contributed by atoms with Crippen LogP contribution in [-0.4, -0.2) is 0 Å². The van der Waals surface area contributed by atoms with Gasteiger partial charge in [-0.2, -0.15) is 0 Å². The highest BCUT2D eigenvalue weighted by atomic mass is 14.3. The van der Waals surface area contributed by atoms with Crippen LogP contribution in [0.4, 0.5) is 0 Å². The Bertz CT molecular complexity index is 249. The number of allylic oxidation sites excluding steroid dienone is 2. The molecule has 0 aromatic rings. The average Bonchev–Trinajstić information content (AvgIpc) is 2.47. The van der Waals surface area contributed by atoms with Gasteiger partial charge in [0.1, 0.15) is 0 Å². The zero-order chi connectivity index (χ0) is 13.5. The van der Waals surface area contributed by atoms with E-state index >= 15 is 0 Å². The van der Waals surface area contributed by atoms with Gasteiger partial charge in [-0.3, -0.25) is 0 Å². The summed E-state index contributed by atoms with van der Waals surface area (Å²) in [5.74, 6) is 4.15. The fraction of sp³-hybridized carbons (Fsp3) is 0.895. The molecule has 0 amide bonds. The van der Waals surface area contributed by atoms with E-state index in [0.717, 1.165) is 23.7 Å². The summed E-state index contributed by atoms with van der Waals surface area (Å²) in [5, 5.41) is 0. The van der Waals surface area contributed by atoms with Gasteiger partial charge in [0.05, 0.1) is 0 Å². The Balaban J connectivity index is 1.69. The molecule has 0 unspecified atom stereocenters. The van der Waals surface area contributed by atoms with Crippen LogP contribution in [0.25, 0.3) is 0 Å². The molecule has 0 atom stereocenters. The quantitative estimate of drug-likeness (QED) is 0.505. The second-order valence-electron chi connectivity index (χ2n) is 7.08. The molecule has 0 aromatic heterocycles. The van der Waals surface area contributed by atoms with Crippen LogP contribution in [0.1, 0.15) is 84.5 Å². The first-order valence-electron chi connectivity index (χ1n) is 9.00. The number of hydrogen-bond donors (Lipinski definition) is 0. The topological polar surface area (TPSA) is 0 Å². The Morgan fingerprint density at radius 2 is 1.37 bits per heavy atom. The fourth-order valence-electron chi connectivity index (χ4n) is 4.49. The summed E-state index contributed by atoms with van der Waals surface area (Å²) < 4.78 is 0. The van der Waals surface area contributed by atoms with Crippen molar-refractivity contribution >= 4 is 0 Å². The zero-order valence-electron chi connectivity index (χ0n) is 13.2. The molecule has 0 spiro atoms. The lowest BCUT2D eigenvalue weighted by atomic mass is 9.68. The van der Waals surface area contributed by atoms with E-state index in [9.17, 15) is 0 Å². The third-order valence-electron chi connectivity index (χ3n) is 5.72. The SMILES string of the molecule is CC/C=C\C1CCC(C2CCC(CCC)CC2)CC1. The third-order valence-corrected chi connectivity index (χ3v) is 5.72. The summed E-state index contributed by atoms with van der Waals surface area (Å²) in [4.78, 5) is 0. The maximum atomic E-state index is 2.49. The standard InChI is InChI=1S/C19H34/c1-3-5-7-17-10-14-19(15-11-17)18-12-8-16(6-4-2)9-13-18/h5,7,16-19H,3-4,6,8-15H2,1-2H3/b7-5-. The molecule has 0 bridgehead atoms. The van der Waals surface area contributed by atoms with Gasteiger partial charge in [-0.15, -0.1) is 0 Å². The molecule has 0 N–H and O–H groups in total. The summed E-state index contributed by atoms with van der Waals surface area (Å²) in [6, 6.07) is 0. The van der Waals surface area contributed by atoms with Crippen LogP contribution in [-0.2, 0) is 0 Å². The van der Waals surface area contributed by atoms with E-state index in [0.29, 0.717) is 0 Å². The van der Waals surface area contributed by atoms with Gasteiger partial charge < -0.3 is 0 Å². The van der Waals surface area contributed by atoms with Crippen LogP contribution >= 0.6 is 0 Å². The molecule has 0 saturated heterocycles. The van der Waals surface area contributed by atoms with Crippen molar-refractivity contribution in [3.63, 3.8) is 0 Å². The van der Waals surface area contributed by atoms with Crippen molar-refractivity contribution < 1.29 is 0 Å². The second-order valence-corrected chi connectivity index (χ2v) is 7.08. The Kier molecular flexibility index (Phi) is 6.47. The Labute approximate surface area is 121 Å². The van der Waals surface area contributed by atoms with Gasteiger partial charge in [-0.05, 0) is 68.6 Å². The van der Waals surface area contributed by atoms with Crippen LogP contribution in [0, 0.1) is 23.7 Å². The maximum Gasteiger partial charge on any atom is -0.0233 e. The van der Waals surface area contributed by atoms with Crippen LogP contribution in [0.5, 0.6) is 0 Å². The van der Waals surface area contributed by atoms with Crippen LogP contribution in [0.2, 0.25) is 0 Å². The first-order chi connectivity index (χ1) is 9.33. The van der Waals surface area contributed by atoms with Crippen molar-refractivity contribution in [2.24, 2.45) is 23.7 Å². The van der Waals surface area contributed by atoms with Crippen molar-refractivity contribution in [2.45, 2.75) is 84.5 Å². The molecule has 2 aliphatic carbocycles. The van der Waals surface area contributed by atoms with Crippen molar-refractivity contribution in [1.82, 2.24) is 0 Å². The predicted octanol–water partition coefficient (Wildman–Crippen LogP) is 6.37. The van der Waals surface area contributed by atoms with E-state index in [4.69, 9.17) is 0 Å². The average molecular weight is 262 g/mol.